The summed E-state index contributed by atoms with van der Waals surface area (Å²) >= 11 is 0. The molecule has 1 aliphatic heterocycles. The number of aryl methyl sites for hydroxylation is 1. The van der Waals surface area contributed by atoms with Gasteiger partial charge in [-0.3, -0.25) is 14.6 Å². The zero-order valence-corrected chi connectivity index (χ0v) is 11.5. The Morgan fingerprint density at radius 2 is 2.48 bits per heavy atom. The third-order valence-corrected chi connectivity index (χ3v) is 3.31. The fraction of sp³-hybridized carbons (Fsp3) is 0.385. The quantitative estimate of drug-likeness (QED) is 0.762. The van der Waals surface area contributed by atoms with Crippen molar-refractivity contribution in [3.63, 3.8) is 0 Å². The lowest BCUT2D eigenvalue weighted by molar-refractivity contribution is 0.101. The van der Waals surface area contributed by atoms with Crippen LogP contribution in [0.15, 0.2) is 12.1 Å². The number of nitrogens with one attached hydrogen (secondary N) is 2. The van der Waals surface area contributed by atoms with E-state index in [4.69, 9.17) is 9.84 Å². The van der Waals surface area contributed by atoms with Gasteiger partial charge in [0.1, 0.15) is 5.69 Å². The molecule has 0 spiro atoms. The Morgan fingerprint density at radius 1 is 1.62 bits per heavy atom. The van der Waals surface area contributed by atoms with E-state index in [-0.39, 0.29) is 18.6 Å². The molecule has 3 rings (SSSR count). The fourth-order valence-electron chi connectivity index (χ4n) is 2.25. The number of H-pyrrole nitrogens is 1. The monoisotopic (exact) mass is 290 g/mol. The molecule has 2 aromatic rings. The Morgan fingerprint density at radius 3 is 3.14 bits per heavy atom. The summed E-state index contributed by atoms with van der Waals surface area (Å²) in [6.07, 6.45) is 2.85. The molecule has 1 saturated heterocycles. The maximum Gasteiger partial charge on any atom is 0.275 e. The third kappa shape index (κ3) is 2.81. The van der Waals surface area contributed by atoms with E-state index in [1.165, 1.54) is 10.7 Å². The molecule has 1 fully saturated rings. The Labute approximate surface area is 121 Å². The molecule has 3 N–H and O–H groups in total. The van der Waals surface area contributed by atoms with Crippen LogP contribution >= 0.6 is 0 Å². The number of aliphatic hydroxyl groups excluding tert-OH is 1. The first-order valence-electron chi connectivity index (χ1n) is 6.61. The molecule has 0 unspecified atom stereocenters. The molecule has 2 aromatic heterocycles. The van der Waals surface area contributed by atoms with Crippen LogP contribution in [0.2, 0.25) is 0 Å². The molecule has 1 aliphatic rings. The van der Waals surface area contributed by atoms with Crippen LogP contribution in [-0.2, 0) is 18.4 Å². The van der Waals surface area contributed by atoms with Crippen molar-refractivity contribution >= 4 is 11.7 Å². The number of carbonyl (C=O) groups is 1. The third-order valence-electron chi connectivity index (χ3n) is 3.31. The van der Waals surface area contributed by atoms with E-state index in [1.807, 2.05) is 0 Å². The van der Waals surface area contributed by atoms with Crippen molar-refractivity contribution in [2.24, 2.45) is 7.05 Å². The normalized spacial score (nSPS) is 18.1. The molecule has 1 atom stereocenters. The number of nitrogens with zero attached hydrogens (tertiary/aromatic N) is 3. The van der Waals surface area contributed by atoms with Crippen LogP contribution in [0.3, 0.4) is 0 Å². The maximum atomic E-state index is 12.1. The van der Waals surface area contributed by atoms with E-state index >= 15 is 0 Å². The number of amides is 1. The predicted octanol–water partition coefficient (Wildman–Crippen LogP) is 0.553. The Balaban J connectivity index is 1.70. The minimum Gasteiger partial charge on any atom is -0.390 e. The van der Waals surface area contributed by atoms with Gasteiger partial charge in [-0.05, 0) is 18.9 Å². The molecule has 8 nitrogen and oxygen atoms in total. The van der Waals surface area contributed by atoms with Crippen molar-refractivity contribution in [2.45, 2.75) is 19.1 Å². The van der Waals surface area contributed by atoms with Crippen LogP contribution < -0.4 is 5.32 Å². The predicted molar refractivity (Wildman–Crippen MR) is 73.3 cm³/mol. The zero-order chi connectivity index (χ0) is 14.8. The summed E-state index contributed by atoms with van der Waals surface area (Å²) in [5.41, 5.74) is 1.63. The highest BCUT2D eigenvalue weighted by atomic mass is 16.5. The van der Waals surface area contributed by atoms with Gasteiger partial charge < -0.3 is 15.2 Å². The number of rotatable bonds is 4. The number of aliphatic hydroxyl groups is 1. The Bertz CT molecular complexity index is 642. The number of aromatic nitrogens is 4. The van der Waals surface area contributed by atoms with Gasteiger partial charge in [0, 0.05) is 13.1 Å². The number of carbonyl (C=O) groups excluding carboxylic acids is 1. The van der Waals surface area contributed by atoms with E-state index in [9.17, 15) is 4.79 Å². The van der Waals surface area contributed by atoms with Crippen LogP contribution in [0.4, 0.5) is 5.82 Å². The van der Waals surface area contributed by atoms with Crippen LogP contribution in [-0.4, -0.2) is 37.6 Å². The zero-order valence-electron chi connectivity index (χ0n) is 11.5. The van der Waals surface area contributed by atoms with Crippen LogP contribution in [0.5, 0.6) is 0 Å². The second-order valence-electron chi connectivity index (χ2n) is 4.81. The topological polar surface area (TPSA) is 105 Å². The van der Waals surface area contributed by atoms with E-state index in [0.29, 0.717) is 23.8 Å². The molecule has 0 aromatic carbocycles. The van der Waals surface area contributed by atoms with Gasteiger partial charge in [-0.2, -0.15) is 10.2 Å². The molecule has 0 aliphatic carbocycles. The molecule has 0 bridgehead atoms. The van der Waals surface area contributed by atoms with E-state index in [0.717, 1.165) is 12.1 Å². The number of hydrogen-bond acceptors (Lipinski definition) is 5. The number of aromatic amines is 1. The van der Waals surface area contributed by atoms with Crippen LogP contribution in [0, 0.1) is 6.42 Å². The van der Waals surface area contributed by atoms with Crippen molar-refractivity contribution in [1.82, 2.24) is 20.0 Å². The Kier molecular flexibility index (Phi) is 3.72. The van der Waals surface area contributed by atoms with Gasteiger partial charge in [-0.15, -0.1) is 0 Å². The lowest BCUT2D eigenvalue weighted by atomic mass is 10.2. The van der Waals surface area contributed by atoms with E-state index < -0.39 is 0 Å². The van der Waals surface area contributed by atoms with Crippen LogP contribution in [0.1, 0.15) is 34.4 Å². The molecule has 0 saturated carbocycles. The van der Waals surface area contributed by atoms with Crippen molar-refractivity contribution in [3.05, 3.63) is 35.6 Å². The molecule has 3 heterocycles. The minimum absolute atomic E-state index is 0.0270. The first kappa shape index (κ1) is 13.8. The van der Waals surface area contributed by atoms with Gasteiger partial charge in [0.15, 0.2) is 5.82 Å². The van der Waals surface area contributed by atoms with Crippen molar-refractivity contribution in [1.29, 1.82) is 0 Å². The summed E-state index contributed by atoms with van der Waals surface area (Å²) in [7, 11) is 1.65. The molecule has 8 heteroatoms. The van der Waals surface area contributed by atoms with Gasteiger partial charge >= 0.3 is 0 Å². The highest BCUT2D eigenvalue weighted by Gasteiger charge is 2.21. The average Bonchev–Trinajstić information content (AvgIpc) is 3.17. The summed E-state index contributed by atoms with van der Waals surface area (Å²) in [4.78, 5) is 12.1. The van der Waals surface area contributed by atoms with Crippen LogP contribution in [0.25, 0.3) is 0 Å². The van der Waals surface area contributed by atoms with E-state index in [2.05, 4.69) is 27.0 Å². The van der Waals surface area contributed by atoms with Gasteiger partial charge in [0.05, 0.1) is 30.7 Å². The second-order valence-corrected chi connectivity index (χ2v) is 4.81. The minimum atomic E-state index is -0.332. The highest BCUT2D eigenvalue weighted by Crippen LogP contribution is 2.27. The number of anilines is 1. The van der Waals surface area contributed by atoms with Gasteiger partial charge in [0.25, 0.3) is 5.91 Å². The highest BCUT2D eigenvalue weighted by molar-refractivity contribution is 6.02. The summed E-state index contributed by atoms with van der Waals surface area (Å²) in [6.45, 7) is 0.424. The average molecular weight is 290 g/mol. The summed E-state index contributed by atoms with van der Waals surface area (Å²) in [5.74, 6) is 0.0962. The number of ether oxygens (including phenoxy) is 1. The van der Waals surface area contributed by atoms with Gasteiger partial charge in [-0.1, -0.05) is 0 Å². The molecule has 1 amide bonds. The van der Waals surface area contributed by atoms with E-state index in [1.54, 1.807) is 13.1 Å². The molecular formula is C13H16N5O3. The van der Waals surface area contributed by atoms with Gasteiger partial charge in [-0.25, -0.2) is 0 Å². The lowest BCUT2D eigenvalue weighted by Gasteiger charge is -2.04. The first-order valence-corrected chi connectivity index (χ1v) is 6.61. The summed E-state index contributed by atoms with van der Waals surface area (Å²) < 4.78 is 6.92. The largest absolute Gasteiger partial charge is 0.390 e. The summed E-state index contributed by atoms with van der Waals surface area (Å²) in [5, 5.41) is 22.7. The fourth-order valence-corrected chi connectivity index (χ4v) is 2.25. The molecule has 111 valence electrons. The lowest BCUT2D eigenvalue weighted by Crippen LogP contribution is -2.16. The van der Waals surface area contributed by atoms with Crippen molar-refractivity contribution < 1.29 is 14.6 Å². The molecular weight excluding hydrogens is 274 g/mol. The smallest absolute Gasteiger partial charge is 0.275 e. The standard InChI is InChI=1S/C13H16N5O3/c1-18-10(5-8(7-19)17-18)13(20)14-12-6-9(15-16-12)11-3-2-4-21-11/h2,5-6,11,19H,3-4,7H2,1H3,(H2,14,15,16,20)/t11-/m1/s1. The second kappa shape index (κ2) is 5.66. The SMILES string of the molecule is Cn1nc(CO)cc1C(=O)Nc1cc([C@H]2C[CH]CO2)[nH]n1. The molecule has 1 radical (unpaired) electrons. The Hall–Kier alpha value is -2.19. The molecule has 21 heavy (non-hydrogen) atoms. The van der Waals surface area contributed by atoms with Crippen molar-refractivity contribution in [3.8, 4) is 0 Å². The first-order chi connectivity index (χ1) is 10.2. The maximum absolute atomic E-state index is 12.1. The van der Waals surface area contributed by atoms with Gasteiger partial charge in [0.2, 0.25) is 0 Å². The number of hydrogen-bond donors (Lipinski definition) is 3. The van der Waals surface area contributed by atoms with Crippen molar-refractivity contribution in [2.75, 3.05) is 11.9 Å². The summed E-state index contributed by atoms with van der Waals surface area (Å²) in [6, 6.07) is 3.29.